The maximum absolute atomic E-state index is 13.6. The molecule has 0 aromatic heterocycles. The zero-order chi connectivity index (χ0) is 19.4. The highest BCUT2D eigenvalue weighted by Gasteiger charge is 2.19. The molecule has 2 aromatic rings. The highest BCUT2D eigenvalue weighted by Crippen LogP contribution is 2.34. The lowest BCUT2D eigenvalue weighted by atomic mass is 10.2. The molecule has 0 spiro atoms. The van der Waals surface area contributed by atoms with E-state index in [1.165, 1.54) is 17.9 Å². The van der Waals surface area contributed by atoms with Gasteiger partial charge in [0.2, 0.25) is 11.8 Å². The number of carbonyl (C=O) groups is 2. The maximum atomic E-state index is 13.6. The van der Waals surface area contributed by atoms with E-state index in [-0.39, 0.29) is 18.9 Å². The van der Waals surface area contributed by atoms with Gasteiger partial charge in [-0.25, -0.2) is 8.78 Å². The van der Waals surface area contributed by atoms with Gasteiger partial charge in [0.25, 0.3) is 0 Å². The number of carbonyl (C=O) groups excluding carboxylic acids is 2. The Morgan fingerprint density at radius 3 is 2.41 bits per heavy atom. The molecule has 2 amide bonds. The summed E-state index contributed by atoms with van der Waals surface area (Å²) in [5.41, 5.74) is 0.0350. The molecule has 27 heavy (non-hydrogen) atoms. The molecular formula is C19H18F2N2O4. The number of amides is 2. The lowest BCUT2D eigenvalue weighted by Crippen LogP contribution is -2.32. The van der Waals surface area contributed by atoms with Crippen molar-refractivity contribution in [3.63, 3.8) is 0 Å². The summed E-state index contributed by atoms with van der Waals surface area (Å²) < 4.78 is 38.2. The Kier molecular flexibility index (Phi) is 5.54. The molecule has 6 nitrogen and oxygen atoms in total. The van der Waals surface area contributed by atoms with E-state index in [0.717, 1.165) is 12.1 Å². The monoisotopic (exact) mass is 376 g/mol. The average molecular weight is 376 g/mol. The number of para-hydroxylation sites is 1. The van der Waals surface area contributed by atoms with Crippen molar-refractivity contribution in [2.45, 2.75) is 13.3 Å². The normalized spacial score (nSPS) is 12.4. The molecule has 1 N–H and O–H groups in total. The molecule has 0 fully saturated rings. The predicted molar refractivity (Wildman–Crippen MR) is 95.1 cm³/mol. The third-order valence-electron chi connectivity index (χ3n) is 4.01. The van der Waals surface area contributed by atoms with Gasteiger partial charge in [0, 0.05) is 31.6 Å². The topological polar surface area (TPSA) is 67.9 Å². The van der Waals surface area contributed by atoms with E-state index in [1.807, 2.05) is 0 Å². The van der Waals surface area contributed by atoms with Crippen LogP contribution in [0, 0.1) is 11.6 Å². The molecule has 0 unspecified atom stereocenters. The average Bonchev–Trinajstić information content (AvgIpc) is 2.64. The summed E-state index contributed by atoms with van der Waals surface area (Å²) in [5.74, 6) is -1.51. The quantitative estimate of drug-likeness (QED) is 0.871. The van der Waals surface area contributed by atoms with Crippen molar-refractivity contribution in [3.8, 4) is 11.5 Å². The van der Waals surface area contributed by atoms with Gasteiger partial charge in [-0.05, 0) is 24.3 Å². The second-order valence-corrected chi connectivity index (χ2v) is 5.89. The summed E-state index contributed by atoms with van der Waals surface area (Å²) in [7, 11) is 0. The van der Waals surface area contributed by atoms with Gasteiger partial charge in [-0.1, -0.05) is 6.07 Å². The third kappa shape index (κ3) is 4.33. The minimum Gasteiger partial charge on any atom is -0.486 e. The Morgan fingerprint density at radius 1 is 1.07 bits per heavy atom. The van der Waals surface area contributed by atoms with Crippen molar-refractivity contribution in [2.24, 2.45) is 0 Å². The number of hydrogen-bond donors (Lipinski definition) is 1. The number of ether oxygens (including phenoxy) is 2. The summed E-state index contributed by atoms with van der Waals surface area (Å²) in [5, 5.41) is 2.20. The van der Waals surface area contributed by atoms with E-state index in [4.69, 9.17) is 9.47 Å². The molecule has 8 heteroatoms. The van der Waals surface area contributed by atoms with Crippen molar-refractivity contribution in [3.05, 3.63) is 48.0 Å². The van der Waals surface area contributed by atoms with Gasteiger partial charge in [0.1, 0.15) is 30.5 Å². The molecule has 0 aliphatic carbocycles. The second kappa shape index (κ2) is 8.03. The van der Waals surface area contributed by atoms with Gasteiger partial charge in [0.05, 0.1) is 0 Å². The number of hydrogen-bond acceptors (Lipinski definition) is 4. The van der Waals surface area contributed by atoms with Crippen LogP contribution in [-0.2, 0) is 9.59 Å². The summed E-state index contributed by atoms with van der Waals surface area (Å²) in [4.78, 5) is 25.5. The predicted octanol–water partition coefficient (Wildman–Crippen LogP) is 3.12. The molecule has 1 aliphatic heterocycles. The lowest BCUT2D eigenvalue weighted by molar-refractivity contribution is -0.117. The molecule has 3 rings (SSSR count). The first-order valence-corrected chi connectivity index (χ1v) is 8.37. The fourth-order valence-electron chi connectivity index (χ4n) is 2.70. The van der Waals surface area contributed by atoms with Gasteiger partial charge >= 0.3 is 0 Å². The van der Waals surface area contributed by atoms with E-state index in [0.29, 0.717) is 30.4 Å². The lowest BCUT2D eigenvalue weighted by Gasteiger charge is -2.24. The Balaban J connectivity index is 1.68. The molecule has 0 atom stereocenters. The van der Waals surface area contributed by atoms with Crippen LogP contribution in [0.4, 0.5) is 20.2 Å². The van der Waals surface area contributed by atoms with Crippen molar-refractivity contribution in [2.75, 3.05) is 30.0 Å². The molecule has 1 aliphatic rings. The van der Waals surface area contributed by atoms with Crippen LogP contribution in [0.3, 0.4) is 0 Å². The van der Waals surface area contributed by atoms with E-state index in [2.05, 4.69) is 5.32 Å². The largest absolute Gasteiger partial charge is 0.486 e. The Morgan fingerprint density at radius 2 is 1.74 bits per heavy atom. The molecule has 1 heterocycles. The van der Waals surface area contributed by atoms with Gasteiger partial charge < -0.3 is 19.7 Å². The van der Waals surface area contributed by atoms with Crippen LogP contribution in [0.1, 0.15) is 13.3 Å². The van der Waals surface area contributed by atoms with E-state index in [1.54, 1.807) is 18.2 Å². The van der Waals surface area contributed by atoms with Gasteiger partial charge in [0.15, 0.2) is 11.5 Å². The van der Waals surface area contributed by atoms with Gasteiger partial charge in [-0.15, -0.1) is 0 Å². The molecule has 142 valence electrons. The molecule has 2 aromatic carbocycles. The first-order chi connectivity index (χ1) is 13.0. The zero-order valence-corrected chi connectivity index (χ0v) is 14.6. The zero-order valence-electron chi connectivity index (χ0n) is 14.6. The molecule has 0 saturated carbocycles. The van der Waals surface area contributed by atoms with Crippen LogP contribution >= 0.6 is 0 Å². The van der Waals surface area contributed by atoms with Crippen LogP contribution in [0.15, 0.2) is 36.4 Å². The van der Waals surface area contributed by atoms with Crippen LogP contribution in [-0.4, -0.2) is 31.6 Å². The summed E-state index contributed by atoms with van der Waals surface area (Å²) in [6.07, 6.45) is -0.137. The van der Waals surface area contributed by atoms with Crippen LogP contribution in [0.25, 0.3) is 0 Å². The van der Waals surface area contributed by atoms with Gasteiger partial charge in [-0.2, -0.15) is 0 Å². The number of nitrogens with zero attached hydrogens (tertiary/aromatic N) is 1. The Hall–Kier alpha value is -3.16. The Labute approximate surface area is 154 Å². The molecule has 0 bridgehead atoms. The van der Waals surface area contributed by atoms with E-state index >= 15 is 0 Å². The minimum absolute atomic E-state index is 0.0386. The number of nitrogens with one attached hydrogen (secondary N) is 1. The fourth-order valence-corrected chi connectivity index (χ4v) is 2.70. The molecule has 0 radical (unpaired) electrons. The summed E-state index contributed by atoms with van der Waals surface area (Å²) >= 11 is 0. The number of benzene rings is 2. The number of fused-ring (bicyclic) bond motifs is 1. The van der Waals surface area contributed by atoms with Crippen molar-refractivity contribution in [1.29, 1.82) is 0 Å². The minimum atomic E-state index is -0.862. The van der Waals surface area contributed by atoms with Crippen LogP contribution < -0.4 is 19.7 Å². The summed E-state index contributed by atoms with van der Waals surface area (Å²) in [6, 6.07) is 8.34. The SMILES string of the molecule is CC(=O)N(CCC(=O)Nc1c(F)cccc1F)c1ccc2c(c1)OCCO2. The molecule has 0 saturated heterocycles. The summed E-state index contributed by atoms with van der Waals surface area (Å²) in [6.45, 7) is 2.27. The van der Waals surface area contributed by atoms with E-state index in [9.17, 15) is 18.4 Å². The van der Waals surface area contributed by atoms with Crippen LogP contribution in [0.5, 0.6) is 11.5 Å². The molecular weight excluding hydrogens is 358 g/mol. The van der Waals surface area contributed by atoms with Crippen LogP contribution in [0.2, 0.25) is 0 Å². The van der Waals surface area contributed by atoms with Crippen molar-refractivity contribution >= 4 is 23.2 Å². The third-order valence-corrected chi connectivity index (χ3v) is 4.01. The van der Waals surface area contributed by atoms with Crippen molar-refractivity contribution in [1.82, 2.24) is 0 Å². The highest BCUT2D eigenvalue weighted by atomic mass is 19.1. The fraction of sp³-hybridized carbons (Fsp3) is 0.263. The van der Waals surface area contributed by atoms with E-state index < -0.39 is 23.2 Å². The first kappa shape index (κ1) is 18.6. The van der Waals surface area contributed by atoms with Crippen molar-refractivity contribution < 1.29 is 27.8 Å². The number of rotatable bonds is 5. The van der Waals surface area contributed by atoms with Gasteiger partial charge in [-0.3, -0.25) is 9.59 Å². The highest BCUT2D eigenvalue weighted by molar-refractivity contribution is 5.95. The number of anilines is 2. The maximum Gasteiger partial charge on any atom is 0.226 e. The smallest absolute Gasteiger partial charge is 0.226 e. The second-order valence-electron chi connectivity index (χ2n) is 5.89. The Bertz CT molecular complexity index is 853. The standard InChI is InChI=1S/C19H18F2N2O4/c1-12(24)23(13-5-6-16-17(11-13)27-10-9-26-16)8-7-18(25)22-19-14(20)3-2-4-15(19)21/h2-6,11H,7-10H2,1H3,(H,22,25). The number of halogens is 2. The first-order valence-electron chi connectivity index (χ1n) is 8.37.